The monoisotopic (exact) mass is 456 g/mol. The predicted molar refractivity (Wildman–Crippen MR) is 91.5 cm³/mol. The molecule has 0 unspecified atom stereocenters. The summed E-state index contributed by atoms with van der Waals surface area (Å²) in [6.07, 6.45) is 0. The van der Waals surface area contributed by atoms with Crippen molar-refractivity contribution in [1.82, 2.24) is 20.2 Å². The number of carbonyl (C=O) groups is 1. The van der Waals surface area contributed by atoms with Gasteiger partial charge in [-0.25, -0.2) is 13.5 Å². The molecule has 6 nitrogen and oxygen atoms in total. The smallest absolute Gasteiger partial charge is 0.310 e. The van der Waals surface area contributed by atoms with Gasteiger partial charge in [0.05, 0.1) is 6.54 Å². The van der Waals surface area contributed by atoms with Crippen LogP contribution in [0.25, 0.3) is 11.4 Å². The number of carbonyl (C=O) groups excluding carboxylic acids is 1. The van der Waals surface area contributed by atoms with Crippen molar-refractivity contribution in [3.63, 3.8) is 0 Å². The molecule has 0 spiro atoms. The molecule has 3 rings (SSSR count). The first-order valence-electron chi connectivity index (χ1n) is 7.92. The molecule has 0 saturated carbocycles. The number of rotatable bonds is 6. The van der Waals surface area contributed by atoms with E-state index in [-0.39, 0.29) is 23.5 Å². The molecule has 0 bridgehead atoms. The Labute approximate surface area is 163 Å². The van der Waals surface area contributed by atoms with Gasteiger partial charge in [0.2, 0.25) is 0 Å². The first-order chi connectivity index (χ1) is 13.7. The van der Waals surface area contributed by atoms with Crippen LogP contribution in [-0.4, -0.2) is 37.7 Å². The highest BCUT2D eigenvalue weighted by atomic mass is 32.5. The largest absolute Gasteiger partial charge is 0.388 e. The van der Waals surface area contributed by atoms with Crippen molar-refractivity contribution in [1.29, 1.82) is 0 Å². The number of hydrogen-bond donors (Lipinski definition) is 1. The lowest BCUT2D eigenvalue weighted by atomic mass is 10.1. The van der Waals surface area contributed by atoms with Crippen LogP contribution in [0.2, 0.25) is 0 Å². The van der Waals surface area contributed by atoms with Gasteiger partial charge in [-0.2, -0.15) is 0 Å². The van der Waals surface area contributed by atoms with Gasteiger partial charge in [0.25, 0.3) is 0 Å². The van der Waals surface area contributed by atoms with E-state index in [1.165, 1.54) is 0 Å². The number of Topliss-reactive ketones (excluding diaryl/α,β-unsaturated/α-hetero) is 1. The fraction of sp³-hybridized carbons (Fsp3) is 0.125. The lowest BCUT2D eigenvalue weighted by Gasteiger charge is -2.40. The molecule has 0 saturated heterocycles. The van der Waals surface area contributed by atoms with Crippen molar-refractivity contribution < 1.29 is 38.1 Å². The van der Waals surface area contributed by atoms with E-state index in [9.17, 15) is 33.0 Å². The zero-order chi connectivity index (χ0) is 22.4. The van der Waals surface area contributed by atoms with E-state index in [0.717, 1.165) is 4.68 Å². The van der Waals surface area contributed by atoms with Crippen LogP contribution in [-0.2, 0) is 6.54 Å². The van der Waals surface area contributed by atoms with Gasteiger partial charge < -0.3 is 5.11 Å². The molecule has 2 aromatic carbocycles. The molecule has 0 radical (unpaired) electrons. The quantitative estimate of drug-likeness (QED) is 0.437. The minimum Gasteiger partial charge on any atom is -0.388 e. The first kappa shape index (κ1) is 21.7. The van der Waals surface area contributed by atoms with Crippen LogP contribution in [0.5, 0.6) is 0 Å². The highest BCUT2D eigenvalue weighted by Gasteiger charge is 2.65. The maximum atomic E-state index is 14.2. The van der Waals surface area contributed by atoms with Crippen LogP contribution in [0, 0.1) is 11.6 Å². The lowest BCUT2D eigenvalue weighted by molar-refractivity contribution is 0.0902. The predicted octanol–water partition coefficient (Wildman–Crippen LogP) is 4.50. The standard InChI is InChI=1S/C16H11F7N4O2S/c17-13-5-10(15(29)8-28)6-14(18)12(13)7-27-16(24-25-26-27)9-1-3-11(4-2-9)30(19,20,21,22)23/h1-6,28H,7-8H2. The number of aliphatic hydroxyl groups excluding tert-OH is 1. The maximum absolute atomic E-state index is 14.2. The maximum Gasteiger partial charge on any atom is 0.310 e. The number of halogens is 7. The zero-order valence-electron chi connectivity index (χ0n) is 14.6. The molecule has 0 aliphatic carbocycles. The Morgan fingerprint density at radius 2 is 1.57 bits per heavy atom. The Kier molecular flexibility index (Phi) is 4.70. The van der Waals surface area contributed by atoms with Gasteiger partial charge in [0, 0.05) is 16.7 Å². The molecular weight excluding hydrogens is 445 g/mol. The molecule has 162 valence electrons. The van der Waals surface area contributed by atoms with E-state index < -0.39 is 56.8 Å². The highest BCUT2D eigenvalue weighted by molar-refractivity contribution is 8.45. The fourth-order valence-corrected chi connectivity index (χ4v) is 3.19. The van der Waals surface area contributed by atoms with E-state index in [1.807, 2.05) is 0 Å². The van der Waals surface area contributed by atoms with Crippen molar-refractivity contribution in [2.45, 2.75) is 11.4 Å². The Balaban J connectivity index is 1.95. The van der Waals surface area contributed by atoms with Crippen LogP contribution in [0.1, 0.15) is 15.9 Å². The Morgan fingerprint density at radius 3 is 2.07 bits per heavy atom. The van der Waals surface area contributed by atoms with Crippen LogP contribution >= 0.6 is 10.2 Å². The summed E-state index contributed by atoms with van der Waals surface area (Å²) in [7, 11) is -9.86. The molecule has 0 amide bonds. The van der Waals surface area contributed by atoms with Gasteiger partial charge in [0.15, 0.2) is 11.6 Å². The molecule has 1 N–H and O–H groups in total. The molecule has 3 aromatic rings. The molecule has 1 aromatic heterocycles. The number of nitrogens with zero attached hydrogens (tertiary/aromatic N) is 4. The van der Waals surface area contributed by atoms with Gasteiger partial charge in [0.1, 0.15) is 23.1 Å². The second kappa shape index (κ2) is 6.50. The topological polar surface area (TPSA) is 80.9 Å². The Morgan fingerprint density at radius 1 is 1.00 bits per heavy atom. The Hall–Kier alpha value is -3.00. The first-order valence-corrected chi connectivity index (χ1v) is 9.87. The minimum absolute atomic E-state index is 0.113. The average Bonchev–Trinajstić information content (AvgIpc) is 3.10. The molecule has 14 heteroatoms. The van der Waals surface area contributed by atoms with E-state index in [4.69, 9.17) is 5.11 Å². The van der Waals surface area contributed by atoms with Gasteiger partial charge in [-0.1, -0.05) is 19.4 Å². The van der Waals surface area contributed by atoms with Crippen molar-refractivity contribution >= 4 is 16.0 Å². The number of aliphatic hydroxyl groups is 1. The van der Waals surface area contributed by atoms with Crippen LogP contribution in [0.4, 0.5) is 28.2 Å². The normalized spacial score (nSPS) is 14.3. The molecule has 0 aliphatic rings. The summed E-state index contributed by atoms with van der Waals surface area (Å²) in [6, 6.07) is 3.12. The van der Waals surface area contributed by atoms with E-state index in [0.29, 0.717) is 24.3 Å². The van der Waals surface area contributed by atoms with Crippen LogP contribution < -0.4 is 0 Å². The summed E-state index contributed by atoms with van der Waals surface area (Å²) in [5.74, 6) is -3.45. The van der Waals surface area contributed by atoms with E-state index in [2.05, 4.69) is 15.5 Å². The third kappa shape index (κ3) is 4.43. The lowest BCUT2D eigenvalue weighted by Crippen LogP contribution is -2.11. The SMILES string of the molecule is O=C(CO)c1cc(F)c(Cn2nnnc2-c2ccc(S(F)(F)(F)(F)F)cc2)c(F)c1. The Bertz CT molecular complexity index is 1110. The molecule has 0 aliphatic heterocycles. The van der Waals surface area contributed by atoms with Crippen molar-refractivity contribution in [3.05, 3.63) is 59.2 Å². The molecule has 0 fully saturated rings. The third-order valence-corrected chi connectivity index (χ3v) is 5.17. The fourth-order valence-electron chi connectivity index (χ4n) is 2.54. The third-order valence-electron chi connectivity index (χ3n) is 4.00. The second-order valence-electron chi connectivity index (χ2n) is 6.15. The van der Waals surface area contributed by atoms with Gasteiger partial charge >= 0.3 is 10.2 Å². The van der Waals surface area contributed by atoms with E-state index in [1.54, 1.807) is 0 Å². The number of hydrogen-bond acceptors (Lipinski definition) is 5. The summed E-state index contributed by atoms with van der Waals surface area (Å²) < 4.78 is 93.4. The zero-order valence-corrected chi connectivity index (χ0v) is 15.4. The average molecular weight is 456 g/mol. The summed E-state index contributed by atoms with van der Waals surface area (Å²) >= 11 is 0. The van der Waals surface area contributed by atoms with E-state index >= 15 is 0 Å². The molecule has 0 atom stereocenters. The highest BCUT2D eigenvalue weighted by Crippen LogP contribution is 3.02. The summed E-state index contributed by atoms with van der Waals surface area (Å²) in [5.41, 5.74) is -1.08. The number of tetrazole rings is 1. The van der Waals surface area contributed by atoms with Gasteiger partial charge in [-0.15, -0.1) is 5.10 Å². The second-order valence-corrected chi connectivity index (χ2v) is 8.56. The van der Waals surface area contributed by atoms with Crippen molar-refractivity contribution in [2.24, 2.45) is 0 Å². The molecular formula is C16H11F7N4O2S. The van der Waals surface area contributed by atoms with Crippen molar-refractivity contribution in [3.8, 4) is 11.4 Å². The van der Waals surface area contributed by atoms with Gasteiger partial charge in [-0.3, -0.25) is 4.79 Å². The number of aromatic nitrogens is 4. The van der Waals surface area contributed by atoms with Crippen LogP contribution in [0.3, 0.4) is 0 Å². The molecule has 1 heterocycles. The van der Waals surface area contributed by atoms with Crippen LogP contribution in [0.15, 0.2) is 41.3 Å². The summed E-state index contributed by atoms with van der Waals surface area (Å²) in [6.45, 7) is -1.57. The molecule has 30 heavy (non-hydrogen) atoms. The summed E-state index contributed by atoms with van der Waals surface area (Å²) in [5, 5.41) is 19.1. The summed E-state index contributed by atoms with van der Waals surface area (Å²) in [4.78, 5) is 9.26. The number of ketones is 1. The van der Waals surface area contributed by atoms with Crippen molar-refractivity contribution in [2.75, 3.05) is 6.61 Å². The minimum atomic E-state index is -9.86. The van der Waals surface area contributed by atoms with Gasteiger partial charge in [-0.05, 0) is 46.8 Å². The number of benzene rings is 2.